The van der Waals surface area contributed by atoms with Crippen molar-refractivity contribution in [2.45, 2.75) is 25.9 Å². The van der Waals surface area contributed by atoms with Gasteiger partial charge in [-0.05, 0) is 19.1 Å². The summed E-state index contributed by atoms with van der Waals surface area (Å²) in [5.41, 5.74) is 0.746. The fourth-order valence-corrected chi connectivity index (χ4v) is 1.94. The molecule has 1 aliphatic heterocycles. The van der Waals surface area contributed by atoms with Crippen LogP contribution in [0.3, 0.4) is 0 Å². The second-order valence-electron chi connectivity index (χ2n) is 4.20. The van der Waals surface area contributed by atoms with E-state index in [9.17, 15) is 13.6 Å². The highest BCUT2D eigenvalue weighted by Gasteiger charge is 2.32. The van der Waals surface area contributed by atoms with E-state index in [0.29, 0.717) is 18.7 Å². The Hall–Kier alpha value is -1.72. The zero-order chi connectivity index (χ0) is 13.1. The van der Waals surface area contributed by atoms with E-state index in [1.54, 1.807) is 18.3 Å². The first-order valence-electron chi connectivity index (χ1n) is 5.73. The first kappa shape index (κ1) is 12.7. The van der Waals surface area contributed by atoms with Gasteiger partial charge in [-0.25, -0.2) is 0 Å². The molecule has 1 saturated heterocycles. The summed E-state index contributed by atoms with van der Waals surface area (Å²) >= 11 is 0. The Balaban J connectivity index is 1.94. The molecule has 0 saturated carbocycles. The van der Waals surface area contributed by atoms with Crippen molar-refractivity contribution < 1.29 is 18.3 Å². The fraction of sp³-hybridized carbons (Fsp3) is 0.500. The number of likely N-dealkylation sites (tertiary alicyclic amines) is 1. The number of carbonyl (C=O) groups excluding carboxylic acids is 1. The molecule has 1 unspecified atom stereocenters. The molecule has 2 rings (SSSR count). The number of alkyl halides is 2. The number of aryl methyl sites for hydroxylation is 1. The van der Waals surface area contributed by atoms with Crippen molar-refractivity contribution in [3.8, 4) is 5.75 Å². The Bertz CT molecular complexity index is 440. The van der Waals surface area contributed by atoms with Gasteiger partial charge in [-0.2, -0.15) is 8.78 Å². The predicted octanol–water partition coefficient (Wildman–Crippen LogP) is 1.63. The lowest BCUT2D eigenvalue weighted by Gasteiger charge is -2.17. The monoisotopic (exact) mass is 256 g/mol. The van der Waals surface area contributed by atoms with Crippen LogP contribution in [-0.4, -0.2) is 41.4 Å². The molecule has 6 heteroatoms. The van der Waals surface area contributed by atoms with Crippen LogP contribution in [0.4, 0.5) is 8.78 Å². The average Bonchev–Trinajstić information content (AvgIpc) is 2.79. The van der Waals surface area contributed by atoms with E-state index in [1.165, 1.54) is 0 Å². The summed E-state index contributed by atoms with van der Waals surface area (Å²) in [6.07, 6.45) is -0.963. The maximum atomic E-state index is 12.3. The van der Waals surface area contributed by atoms with Crippen LogP contribution in [0.1, 0.15) is 12.1 Å². The molecule has 0 spiro atoms. The first-order chi connectivity index (χ1) is 8.58. The van der Waals surface area contributed by atoms with E-state index < -0.39 is 12.3 Å². The van der Waals surface area contributed by atoms with Gasteiger partial charge in [0.1, 0.15) is 11.9 Å². The van der Waals surface area contributed by atoms with Gasteiger partial charge in [0.05, 0.1) is 12.2 Å². The lowest BCUT2D eigenvalue weighted by atomic mass is 10.3. The van der Waals surface area contributed by atoms with Gasteiger partial charge in [-0.3, -0.25) is 9.78 Å². The number of hydrogen-bond acceptors (Lipinski definition) is 3. The van der Waals surface area contributed by atoms with Gasteiger partial charge in [0, 0.05) is 19.2 Å². The first-order valence-corrected chi connectivity index (χ1v) is 5.73. The van der Waals surface area contributed by atoms with E-state index in [-0.39, 0.29) is 12.6 Å². The van der Waals surface area contributed by atoms with Gasteiger partial charge in [-0.1, -0.05) is 0 Å². The molecule has 0 aromatic carbocycles. The van der Waals surface area contributed by atoms with Crippen LogP contribution in [0.5, 0.6) is 5.75 Å². The van der Waals surface area contributed by atoms with Crippen molar-refractivity contribution in [2.24, 2.45) is 0 Å². The van der Waals surface area contributed by atoms with Gasteiger partial charge in [0.15, 0.2) is 0 Å². The molecule has 4 nitrogen and oxygen atoms in total. The topological polar surface area (TPSA) is 42.4 Å². The predicted molar refractivity (Wildman–Crippen MR) is 60.6 cm³/mol. The Morgan fingerprint density at radius 2 is 2.39 bits per heavy atom. The third kappa shape index (κ3) is 2.75. The molecule has 0 bridgehead atoms. The third-order valence-corrected chi connectivity index (χ3v) is 2.90. The standard InChI is InChI=1S/C12H14F2N2O2/c1-8-10(3-2-5-15-8)18-9-4-6-16(7-9)12(17)11(13)14/h2-3,5,9,11H,4,6-7H2,1H3. The molecular formula is C12H14F2N2O2. The SMILES string of the molecule is Cc1ncccc1OC1CCN(C(=O)C(F)F)C1. The number of pyridine rings is 1. The van der Waals surface area contributed by atoms with Crippen LogP contribution < -0.4 is 4.74 Å². The van der Waals surface area contributed by atoms with Crippen LogP contribution in [0, 0.1) is 6.92 Å². The number of halogens is 2. The average molecular weight is 256 g/mol. The smallest absolute Gasteiger partial charge is 0.315 e. The molecule has 0 aliphatic carbocycles. The zero-order valence-electron chi connectivity index (χ0n) is 9.97. The van der Waals surface area contributed by atoms with Crippen LogP contribution in [-0.2, 0) is 4.79 Å². The van der Waals surface area contributed by atoms with Crippen molar-refractivity contribution in [3.63, 3.8) is 0 Å². The molecule has 1 amide bonds. The summed E-state index contributed by atoms with van der Waals surface area (Å²) in [4.78, 5) is 16.3. The summed E-state index contributed by atoms with van der Waals surface area (Å²) in [5.74, 6) is -0.488. The number of aromatic nitrogens is 1. The van der Waals surface area contributed by atoms with E-state index >= 15 is 0 Å². The highest BCUT2D eigenvalue weighted by Crippen LogP contribution is 2.21. The van der Waals surface area contributed by atoms with Gasteiger partial charge in [0.25, 0.3) is 5.91 Å². The molecule has 98 valence electrons. The molecule has 1 aromatic rings. The Kier molecular flexibility index (Phi) is 3.74. The van der Waals surface area contributed by atoms with Crippen LogP contribution in [0.25, 0.3) is 0 Å². The number of hydrogen-bond donors (Lipinski definition) is 0. The minimum absolute atomic E-state index is 0.206. The summed E-state index contributed by atoms with van der Waals surface area (Å²) < 4.78 is 30.2. The van der Waals surface area contributed by atoms with Crippen molar-refractivity contribution in [1.29, 1.82) is 0 Å². The van der Waals surface area contributed by atoms with Crippen LogP contribution in [0.2, 0.25) is 0 Å². The van der Waals surface area contributed by atoms with Gasteiger partial charge in [-0.15, -0.1) is 0 Å². The second kappa shape index (κ2) is 5.29. The maximum Gasteiger partial charge on any atom is 0.315 e. The van der Waals surface area contributed by atoms with Gasteiger partial charge >= 0.3 is 6.43 Å². The van der Waals surface area contributed by atoms with E-state index in [2.05, 4.69) is 4.98 Å². The van der Waals surface area contributed by atoms with Gasteiger partial charge in [0.2, 0.25) is 0 Å². The fourth-order valence-electron chi connectivity index (χ4n) is 1.94. The lowest BCUT2D eigenvalue weighted by molar-refractivity contribution is -0.141. The quantitative estimate of drug-likeness (QED) is 0.825. The highest BCUT2D eigenvalue weighted by molar-refractivity contribution is 5.79. The molecule has 1 fully saturated rings. The Morgan fingerprint density at radius 1 is 1.61 bits per heavy atom. The van der Waals surface area contributed by atoms with Crippen molar-refractivity contribution in [1.82, 2.24) is 9.88 Å². The molecule has 2 heterocycles. The number of carbonyl (C=O) groups is 1. The molecule has 18 heavy (non-hydrogen) atoms. The number of amides is 1. The van der Waals surface area contributed by atoms with Gasteiger partial charge < -0.3 is 9.64 Å². The van der Waals surface area contributed by atoms with Crippen molar-refractivity contribution in [2.75, 3.05) is 13.1 Å². The minimum atomic E-state index is -2.94. The maximum absolute atomic E-state index is 12.3. The normalized spacial score (nSPS) is 19.3. The van der Waals surface area contributed by atoms with Crippen LogP contribution >= 0.6 is 0 Å². The summed E-state index contributed by atoms with van der Waals surface area (Å²) in [7, 11) is 0. The lowest BCUT2D eigenvalue weighted by Crippen LogP contribution is -2.35. The van der Waals surface area contributed by atoms with E-state index in [1.807, 2.05) is 6.92 Å². The summed E-state index contributed by atoms with van der Waals surface area (Å²) in [6, 6.07) is 3.53. The Labute approximate surface area is 104 Å². The largest absolute Gasteiger partial charge is 0.487 e. The number of rotatable bonds is 3. The Morgan fingerprint density at radius 3 is 3.06 bits per heavy atom. The summed E-state index contributed by atoms with van der Waals surface area (Å²) in [5, 5.41) is 0. The molecule has 1 aromatic heterocycles. The van der Waals surface area contributed by atoms with Crippen LogP contribution in [0.15, 0.2) is 18.3 Å². The minimum Gasteiger partial charge on any atom is -0.487 e. The van der Waals surface area contributed by atoms with E-state index in [4.69, 9.17) is 4.74 Å². The second-order valence-corrected chi connectivity index (χ2v) is 4.20. The molecular weight excluding hydrogens is 242 g/mol. The third-order valence-electron chi connectivity index (χ3n) is 2.90. The summed E-state index contributed by atoms with van der Waals surface area (Å²) in [6.45, 7) is 2.33. The van der Waals surface area contributed by atoms with Crippen molar-refractivity contribution in [3.05, 3.63) is 24.0 Å². The molecule has 1 aliphatic rings. The molecule has 0 N–H and O–H groups in total. The number of ether oxygens (including phenoxy) is 1. The zero-order valence-corrected chi connectivity index (χ0v) is 9.97. The highest BCUT2D eigenvalue weighted by atomic mass is 19.3. The van der Waals surface area contributed by atoms with E-state index in [0.717, 1.165) is 10.6 Å². The molecule has 1 atom stereocenters. The number of nitrogens with zero attached hydrogens (tertiary/aromatic N) is 2. The van der Waals surface area contributed by atoms with Crippen molar-refractivity contribution >= 4 is 5.91 Å². The molecule has 0 radical (unpaired) electrons.